The van der Waals surface area contributed by atoms with Crippen LogP contribution in [0.5, 0.6) is 0 Å². The molecular weight excluding hydrogens is 389 g/mol. The molecule has 3 aromatic carbocycles. The SMILES string of the molecule is O=S1(=O)c2ccccc2NC(c2ccc(F)c(F)c2)N1Cc1ccc(F)cc1. The van der Waals surface area contributed by atoms with Crippen molar-refractivity contribution in [1.29, 1.82) is 0 Å². The fourth-order valence-electron chi connectivity index (χ4n) is 3.17. The minimum atomic E-state index is -3.95. The first-order chi connectivity index (χ1) is 13.4. The average molecular weight is 404 g/mol. The Bertz CT molecular complexity index is 1130. The molecule has 4 nitrogen and oxygen atoms in total. The molecule has 0 spiro atoms. The van der Waals surface area contributed by atoms with Gasteiger partial charge in [0.05, 0.1) is 5.69 Å². The lowest BCUT2D eigenvalue weighted by molar-refractivity contribution is 0.334. The number of nitrogens with zero attached hydrogens (tertiary/aromatic N) is 1. The maximum atomic E-state index is 13.8. The van der Waals surface area contributed by atoms with Crippen LogP contribution < -0.4 is 5.32 Å². The van der Waals surface area contributed by atoms with Crippen LogP contribution in [0.3, 0.4) is 0 Å². The molecule has 1 atom stereocenters. The van der Waals surface area contributed by atoms with Crippen LogP contribution in [0.25, 0.3) is 0 Å². The number of rotatable bonds is 3. The highest BCUT2D eigenvalue weighted by molar-refractivity contribution is 7.89. The van der Waals surface area contributed by atoms with Crippen molar-refractivity contribution in [2.75, 3.05) is 5.32 Å². The predicted molar refractivity (Wildman–Crippen MR) is 98.3 cm³/mol. The van der Waals surface area contributed by atoms with Crippen molar-refractivity contribution in [1.82, 2.24) is 4.31 Å². The Kier molecular flexibility index (Phi) is 4.60. The van der Waals surface area contributed by atoms with Gasteiger partial charge in [0.2, 0.25) is 10.0 Å². The van der Waals surface area contributed by atoms with Gasteiger partial charge in [-0.3, -0.25) is 0 Å². The summed E-state index contributed by atoms with van der Waals surface area (Å²) in [6.45, 7) is -0.0758. The summed E-state index contributed by atoms with van der Waals surface area (Å²) in [6, 6.07) is 15.0. The van der Waals surface area contributed by atoms with Crippen LogP contribution in [0, 0.1) is 17.5 Å². The van der Waals surface area contributed by atoms with Crippen LogP contribution in [0.2, 0.25) is 0 Å². The molecule has 4 rings (SSSR count). The van der Waals surface area contributed by atoms with E-state index in [1.54, 1.807) is 18.2 Å². The second-order valence-corrected chi connectivity index (χ2v) is 8.25. The molecule has 0 saturated carbocycles. The lowest BCUT2D eigenvalue weighted by atomic mass is 10.1. The van der Waals surface area contributed by atoms with Crippen LogP contribution in [-0.4, -0.2) is 12.7 Å². The van der Waals surface area contributed by atoms with E-state index in [0.29, 0.717) is 11.3 Å². The normalized spacial score (nSPS) is 18.3. The van der Waals surface area contributed by atoms with E-state index < -0.39 is 33.6 Å². The highest BCUT2D eigenvalue weighted by atomic mass is 32.2. The van der Waals surface area contributed by atoms with Crippen molar-refractivity contribution in [2.45, 2.75) is 17.6 Å². The first kappa shape index (κ1) is 18.5. The fourth-order valence-corrected chi connectivity index (χ4v) is 4.85. The van der Waals surface area contributed by atoms with E-state index in [1.807, 2.05) is 0 Å². The summed E-state index contributed by atoms with van der Waals surface area (Å²) in [5.41, 5.74) is 1.17. The molecule has 3 aromatic rings. The Morgan fingerprint density at radius 2 is 1.61 bits per heavy atom. The number of hydrogen-bond acceptors (Lipinski definition) is 3. The maximum Gasteiger partial charge on any atom is 0.247 e. The third kappa shape index (κ3) is 3.25. The minimum absolute atomic E-state index is 0.0758. The molecule has 144 valence electrons. The molecule has 0 aliphatic carbocycles. The third-order valence-corrected chi connectivity index (χ3v) is 6.43. The summed E-state index contributed by atoms with van der Waals surface area (Å²) in [7, 11) is -3.95. The molecular formula is C20H15F3N2O2S. The molecule has 28 heavy (non-hydrogen) atoms. The summed E-state index contributed by atoms with van der Waals surface area (Å²) in [6.07, 6.45) is -0.958. The number of anilines is 1. The zero-order valence-electron chi connectivity index (χ0n) is 14.4. The Hall–Kier alpha value is -2.84. The summed E-state index contributed by atoms with van der Waals surface area (Å²) in [5.74, 6) is -2.53. The third-order valence-electron chi connectivity index (χ3n) is 4.56. The molecule has 0 fully saturated rings. The maximum absolute atomic E-state index is 13.8. The highest BCUT2D eigenvalue weighted by Gasteiger charge is 2.39. The van der Waals surface area contributed by atoms with E-state index in [-0.39, 0.29) is 17.0 Å². The van der Waals surface area contributed by atoms with Crippen molar-refractivity contribution in [3.8, 4) is 0 Å². The Morgan fingerprint density at radius 3 is 2.32 bits per heavy atom. The van der Waals surface area contributed by atoms with Crippen molar-refractivity contribution in [3.05, 3.63) is 95.3 Å². The van der Waals surface area contributed by atoms with Crippen molar-refractivity contribution in [3.63, 3.8) is 0 Å². The van der Waals surface area contributed by atoms with E-state index in [1.165, 1.54) is 36.4 Å². The molecule has 0 amide bonds. The van der Waals surface area contributed by atoms with E-state index in [4.69, 9.17) is 0 Å². The van der Waals surface area contributed by atoms with Crippen LogP contribution in [-0.2, 0) is 16.6 Å². The Balaban J connectivity index is 1.83. The van der Waals surface area contributed by atoms with Crippen molar-refractivity contribution < 1.29 is 21.6 Å². The van der Waals surface area contributed by atoms with Gasteiger partial charge in [0.15, 0.2) is 11.6 Å². The molecule has 1 N–H and O–H groups in total. The largest absolute Gasteiger partial charge is 0.364 e. The van der Waals surface area contributed by atoms with E-state index >= 15 is 0 Å². The average Bonchev–Trinajstić information content (AvgIpc) is 2.68. The van der Waals surface area contributed by atoms with E-state index in [9.17, 15) is 21.6 Å². The first-order valence-corrected chi connectivity index (χ1v) is 9.87. The lowest BCUT2D eigenvalue weighted by Gasteiger charge is -2.37. The van der Waals surface area contributed by atoms with Gasteiger partial charge in [0.25, 0.3) is 0 Å². The summed E-state index contributed by atoms with van der Waals surface area (Å²) < 4.78 is 68.1. The number of nitrogens with one attached hydrogen (secondary N) is 1. The van der Waals surface area contributed by atoms with Gasteiger partial charge >= 0.3 is 0 Å². The standard InChI is InChI=1S/C20H15F3N2O2S/c21-15-8-5-13(6-9-15)12-25-20(14-7-10-16(22)17(23)11-14)24-18-3-1-2-4-19(18)28(25,26)27/h1-11,20,24H,12H2. The Morgan fingerprint density at radius 1 is 0.893 bits per heavy atom. The zero-order chi connectivity index (χ0) is 19.9. The zero-order valence-corrected chi connectivity index (χ0v) is 15.3. The van der Waals surface area contributed by atoms with Gasteiger partial charge in [-0.15, -0.1) is 0 Å². The molecule has 0 radical (unpaired) electrons. The summed E-state index contributed by atoms with van der Waals surface area (Å²) in [5, 5.41) is 3.08. The molecule has 8 heteroatoms. The molecule has 0 saturated heterocycles. The second-order valence-electron chi connectivity index (χ2n) is 6.39. The van der Waals surface area contributed by atoms with Crippen LogP contribution in [0.1, 0.15) is 17.3 Å². The van der Waals surface area contributed by atoms with E-state index in [2.05, 4.69) is 5.32 Å². The summed E-state index contributed by atoms with van der Waals surface area (Å²) >= 11 is 0. The number of halogens is 3. The topological polar surface area (TPSA) is 49.4 Å². The van der Waals surface area contributed by atoms with Crippen molar-refractivity contribution in [2.24, 2.45) is 0 Å². The monoisotopic (exact) mass is 404 g/mol. The van der Waals surface area contributed by atoms with Gasteiger partial charge in [0.1, 0.15) is 16.9 Å². The number of para-hydroxylation sites is 1. The van der Waals surface area contributed by atoms with Crippen LogP contribution >= 0.6 is 0 Å². The number of sulfonamides is 1. The molecule has 1 aliphatic rings. The fraction of sp³-hybridized carbons (Fsp3) is 0.100. The predicted octanol–water partition coefficient (Wildman–Crippen LogP) is 4.42. The highest BCUT2D eigenvalue weighted by Crippen LogP contribution is 2.39. The lowest BCUT2D eigenvalue weighted by Crippen LogP contribution is -2.42. The van der Waals surface area contributed by atoms with Crippen LogP contribution in [0.15, 0.2) is 71.6 Å². The quantitative estimate of drug-likeness (QED) is 0.703. The number of benzene rings is 3. The minimum Gasteiger partial charge on any atom is -0.364 e. The van der Waals surface area contributed by atoms with Gasteiger partial charge in [0, 0.05) is 6.54 Å². The molecule has 1 heterocycles. The second kappa shape index (κ2) is 6.96. The first-order valence-electron chi connectivity index (χ1n) is 8.43. The molecule has 1 aliphatic heterocycles. The van der Waals surface area contributed by atoms with Gasteiger partial charge in [-0.2, -0.15) is 4.31 Å². The van der Waals surface area contributed by atoms with Gasteiger partial charge in [-0.05, 0) is 47.5 Å². The Labute approximate surface area is 160 Å². The smallest absolute Gasteiger partial charge is 0.247 e. The van der Waals surface area contributed by atoms with Gasteiger partial charge in [-0.1, -0.05) is 30.3 Å². The van der Waals surface area contributed by atoms with Gasteiger partial charge in [-0.25, -0.2) is 21.6 Å². The molecule has 0 aromatic heterocycles. The molecule has 1 unspecified atom stereocenters. The number of hydrogen-bond donors (Lipinski definition) is 1. The van der Waals surface area contributed by atoms with Crippen molar-refractivity contribution >= 4 is 15.7 Å². The summed E-state index contributed by atoms with van der Waals surface area (Å²) in [4.78, 5) is 0.0796. The van der Waals surface area contributed by atoms with E-state index in [0.717, 1.165) is 16.4 Å². The number of fused-ring (bicyclic) bond motifs is 1. The van der Waals surface area contributed by atoms with Crippen LogP contribution in [0.4, 0.5) is 18.9 Å². The molecule has 0 bridgehead atoms. The van der Waals surface area contributed by atoms with Gasteiger partial charge < -0.3 is 5.32 Å².